The van der Waals surface area contributed by atoms with Crippen LogP contribution in [0.4, 0.5) is 0 Å². The van der Waals surface area contributed by atoms with Crippen LogP contribution in [0, 0.1) is 35.0 Å². The van der Waals surface area contributed by atoms with Crippen LogP contribution in [0.5, 0.6) is 0 Å². The largest absolute Gasteiger partial charge is 0.467 e. The smallest absolute Gasteiger partial charge is 0.336 e. The van der Waals surface area contributed by atoms with E-state index >= 15 is 0 Å². The van der Waals surface area contributed by atoms with Gasteiger partial charge in [0.05, 0.1) is 13.2 Å². The normalized spacial score (nSPS) is 27.6. The second kappa shape index (κ2) is 9.84. The highest BCUT2D eigenvalue weighted by molar-refractivity contribution is 5.94. The molecule has 2 saturated carbocycles. The molecule has 34 heavy (non-hydrogen) atoms. The predicted molar refractivity (Wildman–Crippen MR) is 125 cm³/mol. The molecule has 6 atom stereocenters. The number of amides is 3. The number of likely N-dealkylation sites (tertiary alicyclic amines) is 1. The Labute approximate surface area is 202 Å². The van der Waals surface area contributed by atoms with Crippen molar-refractivity contribution in [3.63, 3.8) is 0 Å². The van der Waals surface area contributed by atoms with Crippen molar-refractivity contribution in [2.75, 3.05) is 13.7 Å². The Morgan fingerprint density at radius 2 is 1.71 bits per heavy atom. The Morgan fingerprint density at radius 3 is 2.21 bits per heavy atom. The SMILES string of the molecule is COC(=O)C(O)C(CC1CC1)NC(=O)[C@@H]1[C@@H]2[C@H](CN1C(=O)[C@@H](NC(=O)C(C)C)C(C)C)C2(C)C. The number of ether oxygens (including phenoxy) is 1. The molecular formula is C25H41N3O6. The molecule has 0 aromatic carbocycles. The first-order valence-corrected chi connectivity index (χ1v) is 12.5. The first-order valence-electron chi connectivity index (χ1n) is 12.5. The lowest BCUT2D eigenvalue weighted by atomic mass is 9.96. The predicted octanol–water partition coefficient (Wildman–Crippen LogP) is 1.09. The van der Waals surface area contributed by atoms with Crippen LogP contribution in [-0.2, 0) is 23.9 Å². The molecule has 3 aliphatic rings. The number of aliphatic hydroxyl groups is 1. The summed E-state index contributed by atoms with van der Waals surface area (Å²) in [5.74, 6) is -1.50. The van der Waals surface area contributed by atoms with Gasteiger partial charge >= 0.3 is 5.97 Å². The summed E-state index contributed by atoms with van der Waals surface area (Å²) in [5, 5.41) is 16.2. The van der Waals surface area contributed by atoms with Gasteiger partial charge in [-0.25, -0.2) is 4.79 Å². The quantitative estimate of drug-likeness (QED) is 0.403. The molecule has 192 valence electrons. The van der Waals surface area contributed by atoms with Gasteiger partial charge in [0.25, 0.3) is 0 Å². The summed E-state index contributed by atoms with van der Waals surface area (Å²) < 4.78 is 4.69. The second-order valence-electron chi connectivity index (χ2n) is 11.5. The van der Waals surface area contributed by atoms with Crippen molar-refractivity contribution < 1.29 is 29.0 Å². The number of esters is 1. The molecule has 2 unspecified atom stereocenters. The van der Waals surface area contributed by atoms with Gasteiger partial charge in [-0.2, -0.15) is 0 Å². The fourth-order valence-corrected chi connectivity index (χ4v) is 5.36. The first kappa shape index (κ1) is 26.4. The molecule has 0 aromatic rings. The monoisotopic (exact) mass is 479 g/mol. The summed E-state index contributed by atoms with van der Waals surface area (Å²) in [6, 6.07) is -2.21. The van der Waals surface area contributed by atoms with E-state index in [-0.39, 0.29) is 46.8 Å². The van der Waals surface area contributed by atoms with Crippen molar-refractivity contribution in [3.8, 4) is 0 Å². The Hall–Kier alpha value is -2.16. The number of methoxy groups -OCH3 is 1. The number of piperidine rings is 1. The van der Waals surface area contributed by atoms with Gasteiger partial charge in [0.15, 0.2) is 6.10 Å². The van der Waals surface area contributed by atoms with Gasteiger partial charge in [-0.15, -0.1) is 0 Å². The lowest BCUT2D eigenvalue weighted by Gasteiger charge is -2.35. The van der Waals surface area contributed by atoms with Crippen molar-refractivity contribution >= 4 is 23.7 Å². The van der Waals surface area contributed by atoms with Gasteiger partial charge < -0.3 is 25.4 Å². The molecule has 1 saturated heterocycles. The molecule has 0 radical (unpaired) electrons. The van der Waals surface area contributed by atoms with Crippen LogP contribution in [0.25, 0.3) is 0 Å². The zero-order valence-electron chi connectivity index (χ0n) is 21.5. The van der Waals surface area contributed by atoms with E-state index in [1.165, 1.54) is 7.11 Å². The number of hydrogen-bond donors (Lipinski definition) is 3. The van der Waals surface area contributed by atoms with Gasteiger partial charge in [0, 0.05) is 12.5 Å². The number of carbonyl (C=O) groups excluding carboxylic acids is 4. The first-order chi connectivity index (χ1) is 15.8. The minimum Gasteiger partial charge on any atom is -0.467 e. The summed E-state index contributed by atoms with van der Waals surface area (Å²) in [5.41, 5.74) is -0.0831. The van der Waals surface area contributed by atoms with Crippen LogP contribution in [-0.4, -0.2) is 71.6 Å². The molecule has 9 heteroatoms. The topological polar surface area (TPSA) is 125 Å². The fourth-order valence-electron chi connectivity index (χ4n) is 5.36. The van der Waals surface area contributed by atoms with Crippen LogP contribution < -0.4 is 10.6 Å². The van der Waals surface area contributed by atoms with E-state index in [2.05, 4.69) is 24.5 Å². The number of nitrogens with one attached hydrogen (secondary N) is 2. The molecule has 0 spiro atoms. The Balaban J connectivity index is 1.81. The molecule has 1 aliphatic heterocycles. The summed E-state index contributed by atoms with van der Waals surface area (Å²) in [6.07, 6.45) is 1.02. The highest BCUT2D eigenvalue weighted by Crippen LogP contribution is 2.65. The maximum absolute atomic E-state index is 13.6. The zero-order valence-corrected chi connectivity index (χ0v) is 21.5. The van der Waals surface area contributed by atoms with E-state index in [9.17, 15) is 24.3 Å². The lowest BCUT2D eigenvalue weighted by molar-refractivity contribution is -0.153. The van der Waals surface area contributed by atoms with Crippen LogP contribution in [0.3, 0.4) is 0 Å². The summed E-state index contributed by atoms with van der Waals surface area (Å²) in [4.78, 5) is 53.1. The van der Waals surface area contributed by atoms with Crippen LogP contribution in [0.1, 0.15) is 60.8 Å². The van der Waals surface area contributed by atoms with Gasteiger partial charge in [-0.3, -0.25) is 14.4 Å². The molecule has 9 nitrogen and oxygen atoms in total. The molecule has 1 heterocycles. The van der Waals surface area contributed by atoms with E-state index in [0.29, 0.717) is 18.9 Å². The Kier molecular flexibility index (Phi) is 7.65. The summed E-state index contributed by atoms with van der Waals surface area (Å²) in [6.45, 7) is 11.9. The summed E-state index contributed by atoms with van der Waals surface area (Å²) >= 11 is 0. The van der Waals surface area contributed by atoms with Gasteiger partial charge in [0.1, 0.15) is 12.1 Å². The van der Waals surface area contributed by atoms with Gasteiger partial charge in [-0.1, -0.05) is 54.4 Å². The molecule has 3 N–H and O–H groups in total. The number of nitrogens with zero attached hydrogens (tertiary/aromatic N) is 1. The molecule has 3 rings (SSSR count). The zero-order chi connectivity index (χ0) is 25.5. The number of rotatable bonds is 10. The number of fused-ring (bicyclic) bond motifs is 1. The molecule has 3 amide bonds. The minimum atomic E-state index is -1.46. The Morgan fingerprint density at radius 1 is 1.09 bits per heavy atom. The lowest BCUT2D eigenvalue weighted by Crippen LogP contribution is -2.59. The molecule has 3 fully saturated rings. The minimum absolute atomic E-state index is 0.0121. The van der Waals surface area contributed by atoms with Crippen LogP contribution >= 0.6 is 0 Å². The Bertz CT molecular complexity index is 821. The van der Waals surface area contributed by atoms with Gasteiger partial charge in [-0.05, 0) is 35.5 Å². The number of aliphatic hydroxyl groups excluding tert-OH is 1. The maximum Gasteiger partial charge on any atom is 0.336 e. The van der Waals surface area contributed by atoms with Gasteiger partial charge in [0.2, 0.25) is 17.7 Å². The van der Waals surface area contributed by atoms with Crippen molar-refractivity contribution in [1.82, 2.24) is 15.5 Å². The molecular weight excluding hydrogens is 438 g/mol. The van der Waals surface area contributed by atoms with E-state index in [0.717, 1.165) is 12.8 Å². The third kappa shape index (κ3) is 5.24. The van der Waals surface area contributed by atoms with Crippen LogP contribution in [0.15, 0.2) is 0 Å². The molecule has 0 bridgehead atoms. The molecule has 0 aromatic heterocycles. The molecule has 2 aliphatic carbocycles. The van der Waals surface area contributed by atoms with E-state index in [1.807, 2.05) is 13.8 Å². The second-order valence-corrected chi connectivity index (χ2v) is 11.5. The van der Waals surface area contributed by atoms with Crippen molar-refractivity contribution in [3.05, 3.63) is 0 Å². The van der Waals surface area contributed by atoms with Crippen LogP contribution in [0.2, 0.25) is 0 Å². The number of hydrogen-bond acceptors (Lipinski definition) is 6. The summed E-state index contributed by atoms with van der Waals surface area (Å²) in [7, 11) is 1.20. The van der Waals surface area contributed by atoms with E-state index in [1.54, 1.807) is 18.7 Å². The van der Waals surface area contributed by atoms with E-state index in [4.69, 9.17) is 4.74 Å². The number of carbonyl (C=O) groups is 4. The van der Waals surface area contributed by atoms with Crippen molar-refractivity contribution in [1.29, 1.82) is 0 Å². The maximum atomic E-state index is 13.6. The van der Waals surface area contributed by atoms with E-state index < -0.39 is 30.2 Å². The fraction of sp³-hybridized carbons (Fsp3) is 0.840. The highest BCUT2D eigenvalue weighted by atomic mass is 16.5. The third-order valence-corrected chi connectivity index (χ3v) is 7.95. The van der Waals surface area contributed by atoms with Crippen molar-refractivity contribution in [2.24, 2.45) is 35.0 Å². The average molecular weight is 480 g/mol. The average Bonchev–Trinajstić information content (AvgIpc) is 3.62. The third-order valence-electron chi connectivity index (χ3n) is 7.95. The van der Waals surface area contributed by atoms with Crippen molar-refractivity contribution in [2.45, 2.75) is 85.0 Å². The standard InChI is InChI=1S/C25H41N3O6/c1-12(2)18(27-21(30)13(3)4)23(32)28-11-15-17(25(15,5)6)19(28)22(31)26-16(10-14-8-9-14)20(29)24(33)34-7/h12-20,29H,8-11H2,1-7H3,(H,26,31)(H,27,30)/t15-,16?,17-,18-,19-,20?/m0/s1. The highest BCUT2D eigenvalue weighted by Gasteiger charge is 2.69.